The van der Waals surface area contributed by atoms with Gasteiger partial charge in [-0.1, -0.05) is 70.1 Å². The van der Waals surface area contributed by atoms with Gasteiger partial charge in [0.15, 0.2) is 0 Å². The Labute approximate surface area is 116 Å². The van der Waals surface area contributed by atoms with Crippen LogP contribution in [-0.2, 0) is 0 Å². The van der Waals surface area contributed by atoms with Crippen molar-refractivity contribution in [2.24, 2.45) is 0 Å². The molecule has 2 heteroatoms. The van der Waals surface area contributed by atoms with Gasteiger partial charge in [0.25, 0.3) is 0 Å². The van der Waals surface area contributed by atoms with Gasteiger partial charge in [0, 0.05) is 0 Å². The molecule has 0 spiro atoms. The van der Waals surface area contributed by atoms with Gasteiger partial charge in [-0.2, -0.15) is 0 Å². The van der Waals surface area contributed by atoms with Crippen LogP contribution in [-0.4, -0.2) is 13.1 Å². The Bertz CT molecular complexity index is 216. The monoisotopic (exact) mass is 270 g/mol. The lowest BCUT2D eigenvalue weighted by molar-refractivity contribution is 0.555. The molecule has 0 aromatic heterocycles. The first-order valence-corrected chi connectivity index (χ1v) is 10.9. The quantitative estimate of drug-likeness (QED) is 0.383. The van der Waals surface area contributed by atoms with E-state index in [9.17, 15) is 4.80 Å². The highest BCUT2D eigenvalue weighted by atomic mass is 28.4. The summed E-state index contributed by atoms with van der Waals surface area (Å²) in [5.74, 6) is 0. The van der Waals surface area contributed by atoms with Crippen molar-refractivity contribution in [1.29, 1.82) is 0 Å². The zero-order chi connectivity index (χ0) is 13.9. The number of unbranched alkanes of at least 4 members (excludes halogenated alkanes) is 7. The van der Waals surface area contributed by atoms with Crippen LogP contribution < -0.4 is 0 Å². The minimum absolute atomic E-state index is 1.11. The third-order valence-corrected chi connectivity index (χ3v) is 5.56. The van der Waals surface area contributed by atoms with Gasteiger partial charge < -0.3 is 4.80 Å². The lowest BCUT2D eigenvalue weighted by atomic mass is 10.1. The molecule has 0 aliphatic rings. The molecule has 1 nitrogen and oxygen atoms in total. The van der Waals surface area contributed by atoms with Crippen molar-refractivity contribution >= 4 is 8.32 Å². The highest BCUT2D eigenvalue weighted by molar-refractivity contribution is 6.77. The molecule has 18 heavy (non-hydrogen) atoms. The van der Waals surface area contributed by atoms with Crippen LogP contribution in [0.15, 0.2) is 11.3 Å². The van der Waals surface area contributed by atoms with Crippen LogP contribution in [0.25, 0.3) is 0 Å². The van der Waals surface area contributed by atoms with Crippen LogP contribution >= 0.6 is 0 Å². The van der Waals surface area contributed by atoms with Crippen molar-refractivity contribution in [3.05, 3.63) is 11.3 Å². The molecular formula is C16H34OSi. The fourth-order valence-corrected chi connectivity index (χ4v) is 3.66. The van der Waals surface area contributed by atoms with E-state index in [1.165, 1.54) is 63.0 Å². The summed E-state index contributed by atoms with van der Waals surface area (Å²) >= 11 is 0. The SMILES string of the molecule is CCCCCCCC/C=C(\CCCC)[Si](C)(C)O. The van der Waals surface area contributed by atoms with Crippen LogP contribution in [0.3, 0.4) is 0 Å². The van der Waals surface area contributed by atoms with E-state index in [0.717, 1.165) is 6.42 Å². The lowest BCUT2D eigenvalue weighted by Crippen LogP contribution is -2.28. The molecule has 1 N–H and O–H groups in total. The number of allylic oxidation sites excluding steroid dienone is 2. The molecule has 0 unspecified atom stereocenters. The smallest absolute Gasteiger partial charge is 0.209 e. The molecule has 0 aliphatic heterocycles. The predicted octanol–water partition coefficient (Wildman–Crippen LogP) is 5.59. The van der Waals surface area contributed by atoms with Gasteiger partial charge in [-0.25, -0.2) is 0 Å². The van der Waals surface area contributed by atoms with Crippen molar-refractivity contribution in [2.45, 2.75) is 91.1 Å². The molecule has 108 valence electrons. The summed E-state index contributed by atoms with van der Waals surface area (Å²) < 4.78 is 0. The third kappa shape index (κ3) is 9.90. The fraction of sp³-hybridized carbons (Fsp3) is 0.875. The molecule has 0 heterocycles. The molecule has 0 amide bonds. The van der Waals surface area contributed by atoms with Crippen LogP contribution in [0, 0.1) is 0 Å². The summed E-state index contributed by atoms with van der Waals surface area (Å²) in [5, 5.41) is 1.37. The Hall–Kier alpha value is -0.0831. The topological polar surface area (TPSA) is 20.2 Å². The maximum absolute atomic E-state index is 10.2. The Morgan fingerprint density at radius 2 is 1.44 bits per heavy atom. The third-order valence-electron chi connectivity index (χ3n) is 3.53. The zero-order valence-electron chi connectivity index (χ0n) is 13.1. The van der Waals surface area contributed by atoms with E-state index >= 15 is 0 Å². The van der Waals surface area contributed by atoms with Gasteiger partial charge in [0.05, 0.1) is 0 Å². The average molecular weight is 271 g/mol. The predicted molar refractivity (Wildman–Crippen MR) is 85.3 cm³/mol. The first kappa shape index (κ1) is 17.9. The van der Waals surface area contributed by atoms with Crippen molar-refractivity contribution < 1.29 is 4.80 Å². The molecular weight excluding hydrogens is 236 g/mol. The molecule has 0 fully saturated rings. The maximum Gasteiger partial charge on any atom is 0.209 e. The Morgan fingerprint density at radius 3 is 2.00 bits per heavy atom. The molecule has 0 rings (SSSR count). The summed E-state index contributed by atoms with van der Waals surface area (Å²) in [7, 11) is -2.04. The first-order chi connectivity index (χ1) is 8.52. The van der Waals surface area contributed by atoms with E-state index in [1.54, 1.807) is 0 Å². The first-order valence-electron chi connectivity index (χ1n) is 7.94. The van der Waals surface area contributed by atoms with Gasteiger partial charge >= 0.3 is 0 Å². The molecule has 0 radical (unpaired) electrons. The van der Waals surface area contributed by atoms with Crippen molar-refractivity contribution in [3.63, 3.8) is 0 Å². The molecule has 0 bridgehead atoms. The van der Waals surface area contributed by atoms with Gasteiger partial charge in [0.1, 0.15) is 0 Å². The molecule has 0 aromatic rings. The lowest BCUT2D eigenvalue weighted by Gasteiger charge is -2.19. The van der Waals surface area contributed by atoms with Gasteiger partial charge in [0.2, 0.25) is 8.32 Å². The second-order valence-corrected chi connectivity index (χ2v) is 9.71. The molecule has 0 saturated carbocycles. The van der Waals surface area contributed by atoms with E-state index < -0.39 is 8.32 Å². The Balaban J connectivity index is 3.86. The summed E-state index contributed by atoms with van der Waals surface area (Å²) in [4.78, 5) is 10.2. The number of hydrogen-bond donors (Lipinski definition) is 1. The van der Waals surface area contributed by atoms with E-state index in [1.807, 2.05) is 0 Å². The van der Waals surface area contributed by atoms with Crippen molar-refractivity contribution in [2.75, 3.05) is 0 Å². The summed E-state index contributed by atoms with van der Waals surface area (Å²) in [6, 6.07) is 0. The normalized spacial score (nSPS) is 13.1. The second kappa shape index (κ2) is 10.8. The molecule has 0 aliphatic carbocycles. The summed E-state index contributed by atoms with van der Waals surface area (Å²) in [6.45, 7) is 8.58. The summed E-state index contributed by atoms with van der Waals surface area (Å²) in [6.07, 6.45) is 15.2. The average Bonchev–Trinajstić information content (AvgIpc) is 2.30. The highest BCUT2D eigenvalue weighted by Gasteiger charge is 2.21. The Morgan fingerprint density at radius 1 is 0.889 bits per heavy atom. The number of hydrogen-bond acceptors (Lipinski definition) is 1. The Kier molecular flexibility index (Phi) is 10.8. The maximum atomic E-state index is 10.2. The molecule has 0 saturated heterocycles. The van der Waals surface area contributed by atoms with E-state index in [-0.39, 0.29) is 0 Å². The minimum atomic E-state index is -2.04. The standard InChI is InChI=1S/C16H34OSi/c1-5-7-9-10-11-12-13-15-16(14-8-6-2)18(3,4)17/h15,17H,5-14H2,1-4H3/b16-15+. The second-order valence-electron chi connectivity index (χ2n) is 5.95. The van der Waals surface area contributed by atoms with Crippen molar-refractivity contribution in [1.82, 2.24) is 0 Å². The highest BCUT2D eigenvalue weighted by Crippen LogP contribution is 2.20. The minimum Gasteiger partial charge on any atom is -0.428 e. The molecule has 0 aromatic carbocycles. The zero-order valence-corrected chi connectivity index (χ0v) is 14.1. The van der Waals surface area contributed by atoms with Crippen LogP contribution in [0.1, 0.15) is 78.1 Å². The van der Waals surface area contributed by atoms with E-state index in [4.69, 9.17) is 0 Å². The van der Waals surface area contributed by atoms with E-state index in [0.29, 0.717) is 0 Å². The van der Waals surface area contributed by atoms with Crippen LogP contribution in [0.4, 0.5) is 0 Å². The summed E-state index contributed by atoms with van der Waals surface area (Å²) in [5.41, 5.74) is 0. The molecule has 0 atom stereocenters. The number of rotatable bonds is 11. The van der Waals surface area contributed by atoms with E-state index in [2.05, 4.69) is 33.0 Å². The van der Waals surface area contributed by atoms with Crippen LogP contribution in [0.2, 0.25) is 13.1 Å². The van der Waals surface area contributed by atoms with Crippen LogP contribution in [0.5, 0.6) is 0 Å². The fourth-order valence-electron chi connectivity index (χ4n) is 2.23. The largest absolute Gasteiger partial charge is 0.428 e. The van der Waals surface area contributed by atoms with Crippen molar-refractivity contribution in [3.8, 4) is 0 Å². The van der Waals surface area contributed by atoms with Gasteiger partial charge in [-0.15, -0.1) is 0 Å². The van der Waals surface area contributed by atoms with Gasteiger partial charge in [-0.05, 0) is 32.4 Å². The van der Waals surface area contributed by atoms with Gasteiger partial charge in [-0.3, -0.25) is 0 Å².